The van der Waals surface area contributed by atoms with Gasteiger partial charge in [0.1, 0.15) is 0 Å². The Hall–Kier alpha value is -1.60. The van der Waals surface area contributed by atoms with Crippen molar-refractivity contribution in [3.05, 3.63) is 17.8 Å². The van der Waals surface area contributed by atoms with Crippen molar-refractivity contribution in [2.75, 3.05) is 7.11 Å². The molecule has 8 heteroatoms. The minimum Gasteiger partial charge on any atom is -0.491 e. The Morgan fingerprint density at radius 2 is 1.94 bits per heavy atom. The van der Waals surface area contributed by atoms with E-state index in [1.54, 1.807) is 0 Å². The number of hydrogen-bond acceptors (Lipinski definition) is 3. The van der Waals surface area contributed by atoms with E-state index in [0.29, 0.717) is 0 Å². The average Bonchev–Trinajstić information content (AvgIpc) is 2.14. The van der Waals surface area contributed by atoms with Crippen LogP contribution in [0.1, 0.15) is 12.0 Å². The van der Waals surface area contributed by atoms with E-state index < -0.39 is 30.0 Å². The van der Waals surface area contributed by atoms with Crippen LogP contribution in [0, 0.1) is 0 Å². The summed E-state index contributed by atoms with van der Waals surface area (Å²) in [4.78, 5) is 3.18. The molecular weight excluding hydrogens is 237 g/mol. The fourth-order valence-electron chi connectivity index (χ4n) is 1.00. The van der Waals surface area contributed by atoms with Crippen molar-refractivity contribution in [1.82, 2.24) is 4.98 Å². The molecule has 0 aliphatic carbocycles. The first-order valence-electron chi connectivity index (χ1n) is 3.92. The maximum Gasteiger partial charge on any atom is 0.574 e. The lowest BCUT2D eigenvalue weighted by atomic mass is 10.2. The fourth-order valence-corrected chi connectivity index (χ4v) is 1.00. The van der Waals surface area contributed by atoms with Crippen molar-refractivity contribution >= 4 is 0 Å². The third-order valence-electron chi connectivity index (χ3n) is 1.55. The Labute approximate surface area is 86.8 Å². The lowest BCUT2D eigenvalue weighted by molar-refractivity contribution is -0.276. The van der Waals surface area contributed by atoms with E-state index in [9.17, 15) is 22.0 Å². The number of methoxy groups -OCH3 is 1. The van der Waals surface area contributed by atoms with E-state index in [4.69, 9.17) is 0 Å². The maximum absolute atomic E-state index is 12.4. The Morgan fingerprint density at radius 1 is 1.31 bits per heavy atom. The van der Waals surface area contributed by atoms with Crippen molar-refractivity contribution < 1.29 is 31.4 Å². The summed E-state index contributed by atoms with van der Waals surface area (Å²) in [5.41, 5.74) is -0.711. The molecule has 90 valence electrons. The van der Waals surface area contributed by atoms with E-state index in [0.717, 1.165) is 19.4 Å². The molecule has 0 aliphatic rings. The number of hydrogen-bond donors (Lipinski definition) is 0. The second kappa shape index (κ2) is 4.50. The SMILES string of the molecule is COc1c(C(F)F)ccnc1OC(F)(F)F. The largest absolute Gasteiger partial charge is 0.574 e. The molecule has 1 rings (SSSR count). The molecule has 0 amide bonds. The first-order valence-corrected chi connectivity index (χ1v) is 3.92. The molecule has 0 aliphatic heterocycles. The highest BCUT2D eigenvalue weighted by Crippen LogP contribution is 2.37. The summed E-state index contributed by atoms with van der Waals surface area (Å²) in [5, 5.41) is 0. The quantitative estimate of drug-likeness (QED) is 0.765. The lowest BCUT2D eigenvalue weighted by Gasteiger charge is -2.13. The average molecular weight is 243 g/mol. The number of pyridine rings is 1. The van der Waals surface area contributed by atoms with Gasteiger partial charge in [0, 0.05) is 6.20 Å². The fraction of sp³-hybridized carbons (Fsp3) is 0.375. The Kier molecular flexibility index (Phi) is 3.51. The number of nitrogens with zero attached hydrogens (tertiary/aromatic N) is 1. The van der Waals surface area contributed by atoms with Crippen molar-refractivity contribution in [2.24, 2.45) is 0 Å². The molecule has 1 aromatic rings. The van der Waals surface area contributed by atoms with Crippen LogP contribution < -0.4 is 9.47 Å². The number of aromatic nitrogens is 1. The first kappa shape index (κ1) is 12.5. The molecule has 0 unspecified atom stereocenters. The van der Waals surface area contributed by atoms with Crippen LogP contribution in [-0.4, -0.2) is 18.5 Å². The molecular formula is C8H6F5NO2. The van der Waals surface area contributed by atoms with Gasteiger partial charge >= 0.3 is 6.36 Å². The standard InChI is InChI=1S/C8H6F5NO2/c1-15-5-4(6(9)10)2-3-14-7(5)16-8(11,12)13/h2-3,6H,1H3. The Morgan fingerprint density at radius 3 is 2.38 bits per heavy atom. The summed E-state index contributed by atoms with van der Waals surface area (Å²) in [6.45, 7) is 0. The molecule has 0 N–H and O–H groups in total. The number of alkyl halides is 5. The van der Waals surface area contributed by atoms with Gasteiger partial charge in [-0.1, -0.05) is 0 Å². The molecule has 0 saturated carbocycles. The minimum atomic E-state index is -5.01. The van der Waals surface area contributed by atoms with Gasteiger partial charge in [-0.3, -0.25) is 0 Å². The van der Waals surface area contributed by atoms with Gasteiger partial charge in [-0.2, -0.15) is 0 Å². The highest BCUT2D eigenvalue weighted by Gasteiger charge is 2.34. The molecule has 0 radical (unpaired) electrons. The zero-order chi connectivity index (χ0) is 12.3. The van der Waals surface area contributed by atoms with Gasteiger partial charge in [0.2, 0.25) is 0 Å². The number of rotatable bonds is 3. The van der Waals surface area contributed by atoms with Gasteiger partial charge in [0.25, 0.3) is 12.3 Å². The molecule has 0 spiro atoms. The monoisotopic (exact) mass is 243 g/mol. The molecule has 0 atom stereocenters. The zero-order valence-corrected chi connectivity index (χ0v) is 7.89. The van der Waals surface area contributed by atoms with Crippen LogP contribution in [0.4, 0.5) is 22.0 Å². The summed E-state index contributed by atoms with van der Waals surface area (Å²) in [5.74, 6) is -1.76. The van der Waals surface area contributed by atoms with Crippen molar-refractivity contribution in [3.8, 4) is 11.6 Å². The smallest absolute Gasteiger partial charge is 0.491 e. The molecule has 1 heterocycles. The predicted octanol–water partition coefficient (Wildman–Crippen LogP) is 2.93. The summed E-state index contributed by atoms with van der Waals surface area (Å²) in [7, 11) is 0.951. The van der Waals surface area contributed by atoms with Gasteiger partial charge in [-0.15, -0.1) is 13.2 Å². The van der Waals surface area contributed by atoms with Gasteiger partial charge < -0.3 is 9.47 Å². The number of ether oxygens (including phenoxy) is 2. The molecule has 0 fully saturated rings. The third kappa shape index (κ3) is 2.94. The predicted molar refractivity (Wildman–Crippen MR) is 42.4 cm³/mol. The number of halogens is 5. The first-order chi connectivity index (χ1) is 7.35. The molecule has 0 bridgehead atoms. The third-order valence-corrected chi connectivity index (χ3v) is 1.55. The normalized spacial score (nSPS) is 11.7. The molecule has 16 heavy (non-hydrogen) atoms. The van der Waals surface area contributed by atoms with E-state index in [1.807, 2.05) is 0 Å². The highest BCUT2D eigenvalue weighted by molar-refractivity contribution is 5.42. The van der Waals surface area contributed by atoms with E-state index in [-0.39, 0.29) is 0 Å². The van der Waals surface area contributed by atoms with E-state index in [2.05, 4.69) is 14.5 Å². The second-order valence-electron chi connectivity index (χ2n) is 2.59. The van der Waals surface area contributed by atoms with Gasteiger partial charge in [0.05, 0.1) is 12.7 Å². The van der Waals surface area contributed by atoms with Crippen LogP contribution >= 0.6 is 0 Å². The lowest BCUT2D eigenvalue weighted by Crippen LogP contribution is -2.18. The molecule has 0 aromatic carbocycles. The van der Waals surface area contributed by atoms with Gasteiger partial charge in [0.15, 0.2) is 5.75 Å². The molecule has 0 saturated heterocycles. The van der Waals surface area contributed by atoms with Gasteiger partial charge in [-0.25, -0.2) is 13.8 Å². The van der Waals surface area contributed by atoms with E-state index >= 15 is 0 Å². The maximum atomic E-state index is 12.4. The topological polar surface area (TPSA) is 31.4 Å². The Bertz CT molecular complexity index is 366. The summed E-state index contributed by atoms with van der Waals surface area (Å²) < 4.78 is 68.3. The van der Waals surface area contributed by atoms with Gasteiger partial charge in [-0.05, 0) is 6.07 Å². The zero-order valence-electron chi connectivity index (χ0n) is 7.89. The summed E-state index contributed by atoms with van der Waals surface area (Å²) >= 11 is 0. The van der Waals surface area contributed by atoms with Crippen molar-refractivity contribution in [3.63, 3.8) is 0 Å². The molecule has 1 aromatic heterocycles. The molecule has 3 nitrogen and oxygen atoms in total. The van der Waals surface area contributed by atoms with Crippen LogP contribution in [0.25, 0.3) is 0 Å². The van der Waals surface area contributed by atoms with Crippen molar-refractivity contribution in [1.29, 1.82) is 0 Å². The summed E-state index contributed by atoms with van der Waals surface area (Å²) in [6.07, 6.45) is -7.21. The summed E-state index contributed by atoms with van der Waals surface area (Å²) in [6, 6.07) is 0.854. The Balaban J connectivity index is 3.14. The van der Waals surface area contributed by atoms with Crippen LogP contribution in [0.5, 0.6) is 11.6 Å². The second-order valence-corrected chi connectivity index (χ2v) is 2.59. The van der Waals surface area contributed by atoms with Crippen LogP contribution in [0.2, 0.25) is 0 Å². The van der Waals surface area contributed by atoms with Crippen LogP contribution in [-0.2, 0) is 0 Å². The highest BCUT2D eigenvalue weighted by atomic mass is 19.4. The van der Waals surface area contributed by atoms with Crippen molar-refractivity contribution in [2.45, 2.75) is 12.8 Å². The van der Waals surface area contributed by atoms with E-state index in [1.165, 1.54) is 0 Å². The van der Waals surface area contributed by atoms with Crippen LogP contribution in [0.15, 0.2) is 12.3 Å². The minimum absolute atomic E-state index is 0.711. The van der Waals surface area contributed by atoms with Crippen LogP contribution in [0.3, 0.4) is 0 Å².